The molecule has 0 aliphatic heterocycles. The Morgan fingerprint density at radius 1 is 1.53 bits per heavy atom. The molecule has 19 heavy (non-hydrogen) atoms. The van der Waals surface area contributed by atoms with Crippen LogP contribution in [0.4, 0.5) is 5.13 Å². The van der Waals surface area contributed by atoms with Crippen LogP contribution in [0.25, 0.3) is 0 Å². The number of nitrogens with one attached hydrogen (secondary N) is 1. The van der Waals surface area contributed by atoms with Crippen LogP contribution in [0.2, 0.25) is 0 Å². The van der Waals surface area contributed by atoms with Crippen molar-refractivity contribution in [1.82, 2.24) is 19.8 Å². The molecule has 2 aromatic heterocycles. The molecule has 0 aromatic carbocycles. The molecule has 2 N–H and O–H groups in total. The second kappa shape index (κ2) is 6.53. The SMILES string of the molecule is O=C(Nc1nnns1)c1ncccc1C#CCCO. The Balaban J connectivity index is 2.20. The number of anilines is 1. The van der Waals surface area contributed by atoms with Crippen LogP contribution in [0, 0.1) is 11.8 Å². The van der Waals surface area contributed by atoms with Gasteiger partial charge >= 0.3 is 0 Å². The van der Waals surface area contributed by atoms with Crippen molar-refractivity contribution < 1.29 is 9.90 Å². The lowest BCUT2D eigenvalue weighted by atomic mass is 10.2. The third kappa shape index (κ3) is 3.54. The summed E-state index contributed by atoms with van der Waals surface area (Å²) >= 11 is 0.972. The van der Waals surface area contributed by atoms with Crippen LogP contribution >= 0.6 is 11.5 Å². The second-order valence-electron chi connectivity index (χ2n) is 3.30. The van der Waals surface area contributed by atoms with Gasteiger partial charge in [0.05, 0.1) is 12.2 Å². The monoisotopic (exact) mass is 275 g/mol. The summed E-state index contributed by atoms with van der Waals surface area (Å²) in [5, 5.41) is 18.5. The lowest BCUT2D eigenvalue weighted by molar-refractivity contribution is 0.102. The molecule has 0 atom stereocenters. The number of rotatable bonds is 3. The molecule has 0 saturated heterocycles. The van der Waals surface area contributed by atoms with Crippen molar-refractivity contribution in [3.05, 3.63) is 29.6 Å². The van der Waals surface area contributed by atoms with E-state index in [9.17, 15) is 4.79 Å². The number of hydrogen-bond donors (Lipinski definition) is 2. The summed E-state index contributed by atoms with van der Waals surface area (Å²) in [5.74, 6) is 5.12. The highest BCUT2D eigenvalue weighted by Crippen LogP contribution is 2.09. The first-order valence-electron chi connectivity index (χ1n) is 5.32. The molecule has 1 amide bonds. The summed E-state index contributed by atoms with van der Waals surface area (Å²) in [7, 11) is 0. The number of pyridine rings is 1. The van der Waals surface area contributed by atoms with E-state index in [1.807, 2.05) is 0 Å². The average Bonchev–Trinajstić information content (AvgIpc) is 2.92. The zero-order valence-corrected chi connectivity index (χ0v) is 10.5. The molecule has 2 aromatic rings. The van der Waals surface area contributed by atoms with Gasteiger partial charge in [0.2, 0.25) is 5.13 Å². The van der Waals surface area contributed by atoms with Gasteiger partial charge < -0.3 is 5.11 Å². The van der Waals surface area contributed by atoms with Crippen molar-refractivity contribution in [2.24, 2.45) is 0 Å². The normalized spacial score (nSPS) is 9.53. The smallest absolute Gasteiger partial charge is 0.277 e. The number of carbonyl (C=O) groups is 1. The predicted octanol–water partition coefficient (Wildman–Crippen LogP) is 0.314. The summed E-state index contributed by atoms with van der Waals surface area (Å²) in [6.45, 7) is -0.0226. The standard InChI is InChI=1S/C11H9N5O2S/c17-7-2-1-4-8-5-3-6-12-9(8)10(18)13-11-14-15-16-19-11/h3,5-6,17H,2,7H2,(H,13,14,16,18). The van der Waals surface area contributed by atoms with E-state index in [4.69, 9.17) is 5.11 Å². The second-order valence-corrected chi connectivity index (χ2v) is 4.03. The minimum Gasteiger partial charge on any atom is -0.395 e. The van der Waals surface area contributed by atoms with E-state index in [1.165, 1.54) is 6.20 Å². The zero-order chi connectivity index (χ0) is 13.5. The van der Waals surface area contributed by atoms with Crippen LogP contribution in [0.3, 0.4) is 0 Å². The molecule has 0 bridgehead atoms. The summed E-state index contributed by atoms with van der Waals surface area (Å²) in [6.07, 6.45) is 1.85. The fourth-order valence-electron chi connectivity index (χ4n) is 1.24. The number of carbonyl (C=O) groups excluding carboxylic acids is 1. The maximum absolute atomic E-state index is 12.0. The van der Waals surface area contributed by atoms with Crippen molar-refractivity contribution in [3.63, 3.8) is 0 Å². The highest BCUT2D eigenvalue weighted by molar-refractivity contribution is 7.09. The van der Waals surface area contributed by atoms with Gasteiger partial charge in [-0.15, -0.1) is 0 Å². The molecular weight excluding hydrogens is 266 g/mol. The molecule has 2 heterocycles. The number of amides is 1. The fraction of sp³-hybridized carbons (Fsp3) is 0.182. The van der Waals surface area contributed by atoms with Gasteiger partial charge in [0.1, 0.15) is 5.69 Å². The van der Waals surface area contributed by atoms with Gasteiger partial charge in [-0.3, -0.25) is 10.1 Å². The summed E-state index contributed by atoms with van der Waals surface area (Å²) < 4.78 is 3.54. The van der Waals surface area contributed by atoms with Crippen molar-refractivity contribution in [3.8, 4) is 11.8 Å². The molecule has 96 valence electrons. The Kier molecular flexibility index (Phi) is 4.49. The number of aliphatic hydroxyl groups excluding tert-OH is 1. The zero-order valence-electron chi connectivity index (χ0n) is 9.70. The number of hydrogen-bond acceptors (Lipinski definition) is 7. The van der Waals surface area contributed by atoms with Gasteiger partial charge in [0, 0.05) is 24.2 Å². The summed E-state index contributed by atoms with van der Waals surface area (Å²) in [6, 6.07) is 3.37. The summed E-state index contributed by atoms with van der Waals surface area (Å²) in [5.41, 5.74) is 0.689. The quantitative estimate of drug-likeness (QED) is 0.782. The Morgan fingerprint density at radius 3 is 3.16 bits per heavy atom. The Hall–Kier alpha value is -2.37. The van der Waals surface area contributed by atoms with Gasteiger partial charge in [0.15, 0.2) is 0 Å². The average molecular weight is 275 g/mol. The highest BCUT2D eigenvalue weighted by atomic mass is 32.1. The number of nitrogens with zero attached hydrogens (tertiary/aromatic N) is 4. The van der Waals surface area contributed by atoms with E-state index >= 15 is 0 Å². The third-order valence-electron chi connectivity index (χ3n) is 2.00. The first kappa shape index (κ1) is 13.1. The number of aromatic nitrogens is 4. The molecule has 0 saturated carbocycles. The maximum Gasteiger partial charge on any atom is 0.277 e. The minimum absolute atomic E-state index is 0.0226. The molecule has 8 heteroatoms. The molecule has 0 spiro atoms. The van der Waals surface area contributed by atoms with E-state index < -0.39 is 5.91 Å². The van der Waals surface area contributed by atoms with E-state index in [0.29, 0.717) is 17.1 Å². The van der Waals surface area contributed by atoms with Crippen molar-refractivity contribution in [2.45, 2.75) is 6.42 Å². The van der Waals surface area contributed by atoms with Crippen molar-refractivity contribution >= 4 is 22.6 Å². The van der Waals surface area contributed by atoms with E-state index in [2.05, 4.69) is 36.9 Å². The van der Waals surface area contributed by atoms with Crippen LogP contribution in [-0.2, 0) is 0 Å². The van der Waals surface area contributed by atoms with Crippen LogP contribution in [0.1, 0.15) is 22.5 Å². The van der Waals surface area contributed by atoms with E-state index in [1.54, 1.807) is 12.1 Å². The van der Waals surface area contributed by atoms with Gasteiger partial charge in [-0.25, -0.2) is 4.98 Å². The van der Waals surface area contributed by atoms with Crippen molar-refractivity contribution in [2.75, 3.05) is 11.9 Å². The Labute approximate surface area is 112 Å². The van der Waals surface area contributed by atoms with Gasteiger partial charge in [-0.2, -0.15) is 0 Å². The Bertz CT molecular complexity index is 618. The Morgan fingerprint density at radius 2 is 2.42 bits per heavy atom. The molecule has 0 aliphatic rings. The third-order valence-corrected chi connectivity index (χ3v) is 2.51. The first-order valence-corrected chi connectivity index (χ1v) is 6.09. The first-order chi connectivity index (χ1) is 9.31. The lowest BCUT2D eigenvalue weighted by Crippen LogP contribution is -2.15. The number of aliphatic hydroxyl groups is 1. The molecule has 0 radical (unpaired) electrons. The molecule has 7 nitrogen and oxygen atoms in total. The highest BCUT2D eigenvalue weighted by Gasteiger charge is 2.13. The topological polar surface area (TPSA) is 101 Å². The predicted molar refractivity (Wildman–Crippen MR) is 68.5 cm³/mol. The van der Waals surface area contributed by atoms with E-state index in [0.717, 1.165) is 11.5 Å². The van der Waals surface area contributed by atoms with Crippen molar-refractivity contribution in [1.29, 1.82) is 0 Å². The minimum atomic E-state index is -0.424. The molecular formula is C11H9N5O2S. The maximum atomic E-state index is 12.0. The fourth-order valence-corrected chi connectivity index (χ4v) is 1.60. The van der Waals surface area contributed by atoms with Crippen LogP contribution in [0.5, 0.6) is 0 Å². The molecule has 0 fully saturated rings. The molecule has 2 rings (SSSR count). The van der Waals surface area contributed by atoms with Gasteiger partial charge in [0.25, 0.3) is 5.91 Å². The van der Waals surface area contributed by atoms with Crippen LogP contribution in [0.15, 0.2) is 18.3 Å². The van der Waals surface area contributed by atoms with Gasteiger partial charge in [-0.1, -0.05) is 21.4 Å². The largest absolute Gasteiger partial charge is 0.395 e. The van der Waals surface area contributed by atoms with Gasteiger partial charge in [-0.05, 0) is 17.3 Å². The molecule has 0 aliphatic carbocycles. The lowest BCUT2D eigenvalue weighted by Gasteiger charge is -2.02. The van der Waals surface area contributed by atoms with Crippen LogP contribution in [-0.4, -0.2) is 37.4 Å². The summed E-state index contributed by atoms with van der Waals surface area (Å²) in [4.78, 5) is 16.0. The van der Waals surface area contributed by atoms with E-state index in [-0.39, 0.29) is 12.3 Å². The van der Waals surface area contributed by atoms with Crippen LogP contribution < -0.4 is 5.32 Å². The molecule has 0 unspecified atom stereocenters.